The van der Waals surface area contributed by atoms with Crippen LogP contribution in [-0.4, -0.2) is 0 Å². The number of unbranched alkanes of at least 4 members (excludes halogenated alkanes) is 4. The molecule has 0 unspecified atom stereocenters. The molecule has 0 aromatic heterocycles. The van der Waals surface area contributed by atoms with Gasteiger partial charge in [-0.15, -0.1) is 0 Å². The van der Waals surface area contributed by atoms with Crippen molar-refractivity contribution in [2.45, 2.75) is 79.6 Å². The Kier molecular flexibility index (Phi) is 17.3. The molecule has 0 atom stereocenters. The Balaban J connectivity index is 0. The van der Waals surface area contributed by atoms with E-state index in [0.29, 0.717) is 0 Å². The molecule has 0 fully saturated rings. The highest BCUT2D eigenvalue weighted by Crippen LogP contribution is 2.09. The average molecular weight is 186 g/mol. The summed E-state index contributed by atoms with van der Waals surface area (Å²) < 4.78 is 0. The molecule has 0 nitrogen and oxygen atoms in total. The second-order valence-corrected chi connectivity index (χ2v) is 4.30. The standard InChI is InChI=1S/C10H22.C3H8/c1-4-5-6-7-8-9-10(2)3;1-3-2/h10H,4-9H2,1-3H3;3H2,1-2H3. The molecular formula is C13H30. The summed E-state index contributed by atoms with van der Waals surface area (Å²) in [5, 5.41) is 0. The first-order valence-corrected chi connectivity index (χ1v) is 6.18. The molecule has 0 heterocycles. The van der Waals surface area contributed by atoms with Crippen LogP contribution in [0, 0.1) is 5.92 Å². The fourth-order valence-electron chi connectivity index (χ4n) is 1.16. The van der Waals surface area contributed by atoms with E-state index >= 15 is 0 Å². The molecule has 0 saturated heterocycles. The van der Waals surface area contributed by atoms with Crippen LogP contribution in [0.25, 0.3) is 0 Å². The average Bonchev–Trinajstić information content (AvgIpc) is 2.05. The minimum absolute atomic E-state index is 0.904. The Hall–Kier alpha value is 0. The van der Waals surface area contributed by atoms with Crippen LogP contribution >= 0.6 is 0 Å². The van der Waals surface area contributed by atoms with Gasteiger partial charge in [-0.3, -0.25) is 0 Å². The Bertz CT molecular complexity index is 64.4. The third-order valence-corrected chi connectivity index (χ3v) is 1.89. The van der Waals surface area contributed by atoms with Crippen molar-refractivity contribution in [3.05, 3.63) is 0 Å². The van der Waals surface area contributed by atoms with Crippen molar-refractivity contribution in [2.24, 2.45) is 5.92 Å². The van der Waals surface area contributed by atoms with E-state index in [9.17, 15) is 0 Å². The summed E-state index contributed by atoms with van der Waals surface area (Å²) in [7, 11) is 0. The van der Waals surface area contributed by atoms with Crippen LogP contribution in [-0.2, 0) is 0 Å². The molecule has 0 N–H and O–H groups in total. The van der Waals surface area contributed by atoms with E-state index in [2.05, 4.69) is 34.6 Å². The van der Waals surface area contributed by atoms with Gasteiger partial charge in [-0.2, -0.15) is 0 Å². The maximum absolute atomic E-state index is 2.31. The van der Waals surface area contributed by atoms with Crippen LogP contribution in [0.2, 0.25) is 0 Å². The molecule has 0 aliphatic rings. The third kappa shape index (κ3) is 24.5. The van der Waals surface area contributed by atoms with E-state index in [-0.39, 0.29) is 0 Å². The van der Waals surface area contributed by atoms with Gasteiger partial charge in [0.2, 0.25) is 0 Å². The van der Waals surface area contributed by atoms with Crippen molar-refractivity contribution < 1.29 is 0 Å². The van der Waals surface area contributed by atoms with Gasteiger partial charge in [0.05, 0.1) is 0 Å². The Morgan fingerprint density at radius 1 is 0.769 bits per heavy atom. The molecule has 0 saturated carbocycles. The third-order valence-electron chi connectivity index (χ3n) is 1.89. The molecule has 0 amide bonds. The summed E-state index contributed by atoms with van der Waals surface area (Å²) in [4.78, 5) is 0. The summed E-state index contributed by atoms with van der Waals surface area (Å²) in [6, 6.07) is 0. The zero-order valence-electron chi connectivity index (χ0n) is 10.5. The molecule has 0 radical (unpaired) electrons. The van der Waals surface area contributed by atoms with Crippen molar-refractivity contribution in [1.82, 2.24) is 0 Å². The fourth-order valence-corrected chi connectivity index (χ4v) is 1.16. The van der Waals surface area contributed by atoms with Gasteiger partial charge >= 0.3 is 0 Å². The summed E-state index contributed by atoms with van der Waals surface area (Å²) in [5.74, 6) is 0.904. The molecule has 0 spiro atoms. The molecule has 0 aliphatic heterocycles. The molecule has 0 rings (SSSR count). The lowest BCUT2D eigenvalue weighted by Crippen LogP contribution is -1.86. The van der Waals surface area contributed by atoms with Crippen molar-refractivity contribution in [3.63, 3.8) is 0 Å². The minimum atomic E-state index is 0.904. The fraction of sp³-hybridized carbons (Fsp3) is 1.00. The van der Waals surface area contributed by atoms with Gasteiger partial charge in [0, 0.05) is 0 Å². The normalized spacial score (nSPS) is 9.69. The lowest BCUT2D eigenvalue weighted by molar-refractivity contribution is 0.518. The first-order chi connectivity index (χ1) is 6.18. The van der Waals surface area contributed by atoms with Crippen molar-refractivity contribution in [3.8, 4) is 0 Å². The van der Waals surface area contributed by atoms with E-state index in [1.54, 1.807) is 0 Å². The molecule has 0 heteroatoms. The van der Waals surface area contributed by atoms with E-state index < -0.39 is 0 Å². The molecule has 0 aromatic rings. The smallest absolute Gasteiger partial charge is 0.0471 e. The lowest BCUT2D eigenvalue weighted by atomic mass is 10.0. The van der Waals surface area contributed by atoms with Crippen LogP contribution in [0.4, 0.5) is 0 Å². The number of hydrogen-bond donors (Lipinski definition) is 0. The van der Waals surface area contributed by atoms with Crippen LogP contribution in [0.3, 0.4) is 0 Å². The van der Waals surface area contributed by atoms with Crippen LogP contribution in [0.5, 0.6) is 0 Å². The first kappa shape index (κ1) is 15.5. The highest BCUT2D eigenvalue weighted by atomic mass is 14.0. The zero-order valence-corrected chi connectivity index (χ0v) is 10.5. The van der Waals surface area contributed by atoms with Crippen LogP contribution in [0.15, 0.2) is 0 Å². The predicted octanol–water partition coefficient (Wildman–Crippen LogP) is 5.42. The van der Waals surface area contributed by atoms with Crippen LogP contribution < -0.4 is 0 Å². The molecular weight excluding hydrogens is 156 g/mol. The summed E-state index contributed by atoms with van der Waals surface area (Å²) in [5.41, 5.74) is 0. The van der Waals surface area contributed by atoms with Gasteiger partial charge in [-0.25, -0.2) is 0 Å². The Morgan fingerprint density at radius 3 is 1.62 bits per heavy atom. The maximum Gasteiger partial charge on any atom is -0.0471 e. The zero-order chi connectivity index (χ0) is 10.5. The van der Waals surface area contributed by atoms with E-state index in [1.165, 1.54) is 44.9 Å². The van der Waals surface area contributed by atoms with E-state index in [0.717, 1.165) is 5.92 Å². The number of rotatable bonds is 6. The molecule has 0 bridgehead atoms. The summed E-state index contributed by atoms with van der Waals surface area (Å²) >= 11 is 0. The maximum atomic E-state index is 2.31. The molecule has 82 valence electrons. The largest absolute Gasteiger partial charge is 0.0656 e. The Labute approximate surface area is 86.1 Å². The molecule has 0 aliphatic carbocycles. The minimum Gasteiger partial charge on any atom is -0.0656 e. The highest BCUT2D eigenvalue weighted by Gasteiger charge is 1.92. The molecule has 0 aromatic carbocycles. The summed E-state index contributed by atoms with van der Waals surface area (Å²) in [6.45, 7) is 11.1. The monoisotopic (exact) mass is 186 g/mol. The molecule has 13 heavy (non-hydrogen) atoms. The van der Waals surface area contributed by atoms with Gasteiger partial charge < -0.3 is 0 Å². The predicted molar refractivity (Wildman–Crippen MR) is 64.2 cm³/mol. The van der Waals surface area contributed by atoms with Gasteiger partial charge in [-0.05, 0) is 5.92 Å². The van der Waals surface area contributed by atoms with Crippen molar-refractivity contribution in [2.75, 3.05) is 0 Å². The van der Waals surface area contributed by atoms with Gasteiger partial charge in [0.15, 0.2) is 0 Å². The van der Waals surface area contributed by atoms with E-state index in [1.807, 2.05) is 0 Å². The highest BCUT2D eigenvalue weighted by molar-refractivity contribution is 4.46. The lowest BCUT2D eigenvalue weighted by Gasteiger charge is -2.02. The van der Waals surface area contributed by atoms with Gasteiger partial charge in [0.1, 0.15) is 0 Å². The first-order valence-electron chi connectivity index (χ1n) is 6.18. The second-order valence-electron chi connectivity index (χ2n) is 4.30. The van der Waals surface area contributed by atoms with Crippen LogP contribution in [0.1, 0.15) is 79.6 Å². The van der Waals surface area contributed by atoms with Crippen molar-refractivity contribution >= 4 is 0 Å². The Morgan fingerprint density at radius 2 is 1.23 bits per heavy atom. The van der Waals surface area contributed by atoms with Crippen molar-refractivity contribution in [1.29, 1.82) is 0 Å². The topological polar surface area (TPSA) is 0 Å². The quantitative estimate of drug-likeness (QED) is 0.486. The van der Waals surface area contributed by atoms with Gasteiger partial charge in [-0.1, -0.05) is 79.6 Å². The van der Waals surface area contributed by atoms with Gasteiger partial charge in [0.25, 0.3) is 0 Å². The SMILES string of the molecule is CCC.CCCCCCCC(C)C. The van der Waals surface area contributed by atoms with E-state index in [4.69, 9.17) is 0 Å². The summed E-state index contributed by atoms with van der Waals surface area (Å²) in [6.07, 6.45) is 9.80. The second kappa shape index (κ2) is 14.5. The number of hydrogen-bond acceptors (Lipinski definition) is 0.